The molecule has 0 aliphatic rings. The minimum Gasteiger partial charge on any atom is -0.465 e. The van der Waals surface area contributed by atoms with Crippen LogP contribution in [0.3, 0.4) is 0 Å². The topological polar surface area (TPSA) is 76.3 Å². The zero-order chi connectivity index (χ0) is 18.4. The number of aliphatic hydroxyl groups excluding tert-OH is 1. The van der Waals surface area contributed by atoms with Gasteiger partial charge in [0, 0.05) is 5.56 Å². The van der Waals surface area contributed by atoms with Gasteiger partial charge in [0.2, 0.25) is 0 Å². The number of nitrogens with two attached hydrogens (primary N) is 1. The Bertz CT molecular complexity index is 840. The number of methoxy groups -OCH3 is 1. The van der Waals surface area contributed by atoms with Gasteiger partial charge in [-0.25, -0.2) is 4.79 Å². The van der Waals surface area contributed by atoms with Crippen LogP contribution < -0.4 is 5.32 Å². The molecular weight excluding hydrogens is 330 g/mol. The molecule has 0 aliphatic carbocycles. The molecule has 1 heterocycles. The van der Waals surface area contributed by atoms with Crippen LogP contribution in [0.25, 0.3) is 11.3 Å². The highest BCUT2D eigenvalue weighted by atomic mass is 16.5. The molecule has 0 radical (unpaired) electrons. The fraction of sp³-hybridized carbons (Fsp3) is 0.190. The summed E-state index contributed by atoms with van der Waals surface area (Å²) in [5.41, 5.74) is 2.31. The van der Waals surface area contributed by atoms with E-state index < -0.39 is 6.10 Å². The molecule has 0 bridgehead atoms. The molecule has 3 aromatic rings. The maximum atomic E-state index is 11.5. The number of carbonyl (C=O) groups excluding carboxylic acids is 1. The molecule has 0 amide bonds. The first-order valence-corrected chi connectivity index (χ1v) is 8.49. The number of hydrogen-bond donors (Lipinski definition) is 2. The Hall–Kier alpha value is -2.89. The van der Waals surface area contributed by atoms with Gasteiger partial charge in [0.05, 0.1) is 12.7 Å². The Morgan fingerprint density at radius 3 is 2.50 bits per heavy atom. The van der Waals surface area contributed by atoms with Crippen LogP contribution in [-0.4, -0.2) is 24.7 Å². The van der Waals surface area contributed by atoms with Gasteiger partial charge in [0.15, 0.2) is 5.76 Å². The van der Waals surface area contributed by atoms with Crippen LogP contribution in [0, 0.1) is 0 Å². The molecule has 0 aliphatic heterocycles. The van der Waals surface area contributed by atoms with Crippen molar-refractivity contribution in [3.8, 4) is 11.3 Å². The maximum absolute atomic E-state index is 11.5. The van der Waals surface area contributed by atoms with E-state index in [1.165, 1.54) is 7.11 Å². The number of hydrogen-bond acceptors (Lipinski definition) is 4. The summed E-state index contributed by atoms with van der Waals surface area (Å²) in [7, 11) is 1.36. The predicted molar refractivity (Wildman–Crippen MR) is 97.4 cm³/mol. The summed E-state index contributed by atoms with van der Waals surface area (Å²) in [6.07, 6.45) is -0.503. The van der Waals surface area contributed by atoms with E-state index in [0.29, 0.717) is 18.7 Å². The van der Waals surface area contributed by atoms with Gasteiger partial charge >= 0.3 is 5.97 Å². The molecule has 5 nitrogen and oxygen atoms in total. The van der Waals surface area contributed by atoms with Gasteiger partial charge in [-0.1, -0.05) is 42.5 Å². The number of rotatable bonds is 7. The van der Waals surface area contributed by atoms with Crippen molar-refractivity contribution >= 4 is 5.97 Å². The summed E-state index contributed by atoms with van der Waals surface area (Å²) in [5, 5.41) is 12.2. The molecule has 5 heteroatoms. The molecule has 0 saturated carbocycles. The summed E-state index contributed by atoms with van der Waals surface area (Å²) in [4.78, 5) is 11.5. The smallest absolute Gasteiger partial charge is 0.337 e. The summed E-state index contributed by atoms with van der Waals surface area (Å²) in [6, 6.07) is 20.5. The SMILES string of the molecule is COC(=O)c1ccc(-c2ccc(C[NH2+]C[C@@H](O)c3ccccc3)o2)cc1. The molecule has 3 rings (SSSR count). The molecule has 0 unspecified atom stereocenters. The summed E-state index contributed by atoms with van der Waals surface area (Å²) in [6.45, 7) is 1.21. The summed E-state index contributed by atoms with van der Waals surface area (Å²) < 4.78 is 10.5. The van der Waals surface area contributed by atoms with Gasteiger partial charge in [-0.3, -0.25) is 0 Å². The second-order valence-corrected chi connectivity index (χ2v) is 5.99. The fourth-order valence-electron chi connectivity index (χ4n) is 2.73. The van der Waals surface area contributed by atoms with E-state index in [1.807, 2.05) is 59.9 Å². The van der Waals surface area contributed by atoms with Gasteiger partial charge in [-0.05, 0) is 29.8 Å². The van der Waals surface area contributed by atoms with Gasteiger partial charge in [-0.15, -0.1) is 0 Å². The zero-order valence-corrected chi connectivity index (χ0v) is 14.6. The van der Waals surface area contributed by atoms with Gasteiger partial charge in [-0.2, -0.15) is 0 Å². The third-order valence-electron chi connectivity index (χ3n) is 4.17. The second kappa shape index (κ2) is 8.47. The summed E-state index contributed by atoms with van der Waals surface area (Å²) >= 11 is 0. The van der Waals surface area contributed by atoms with Crippen molar-refractivity contribution in [2.45, 2.75) is 12.6 Å². The van der Waals surface area contributed by atoms with Crippen LogP contribution in [0.5, 0.6) is 0 Å². The van der Waals surface area contributed by atoms with Crippen molar-refractivity contribution in [3.05, 3.63) is 83.6 Å². The van der Waals surface area contributed by atoms with Crippen molar-refractivity contribution in [1.29, 1.82) is 0 Å². The molecular formula is C21H22NO4+. The van der Waals surface area contributed by atoms with Crippen molar-refractivity contribution in [3.63, 3.8) is 0 Å². The largest absolute Gasteiger partial charge is 0.465 e. The number of benzene rings is 2. The lowest BCUT2D eigenvalue weighted by atomic mass is 10.1. The predicted octanol–water partition coefficient (Wildman–Crippen LogP) is 2.53. The average Bonchev–Trinajstić information content (AvgIpc) is 3.17. The van der Waals surface area contributed by atoms with Crippen LogP contribution in [-0.2, 0) is 11.3 Å². The van der Waals surface area contributed by atoms with E-state index in [-0.39, 0.29) is 5.97 Å². The van der Waals surface area contributed by atoms with Crippen LogP contribution in [0.4, 0.5) is 0 Å². The van der Waals surface area contributed by atoms with Crippen molar-refractivity contribution in [2.24, 2.45) is 0 Å². The minimum atomic E-state index is -0.503. The number of quaternary nitrogens is 1. The minimum absolute atomic E-state index is 0.358. The first kappa shape index (κ1) is 17.9. The second-order valence-electron chi connectivity index (χ2n) is 5.99. The lowest BCUT2D eigenvalue weighted by Crippen LogP contribution is -2.83. The Kier molecular flexibility index (Phi) is 5.84. The molecule has 0 saturated heterocycles. The highest BCUT2D eigenvalue weighted by Crippen LogP contribution is 2.22. The number of ether oxygens (including phenoxy) is 1. The van der Waals surface area contributed by atoms with Crippen molar-refractivity contribution in [2.75, 3.05) is 13.7 Å². The van der Waals surface area contributed by atoms with E-state index >= 15 is 0 Å². The van der Waals surface area contributed by atoms with E-state index in [2.05, 4.69) is 0 Å². The van der Waals surface area contributed by atoms with E-state index in [1.54, 1.807) is 12.1 Å². The number of esters is 1. The zero-order valence-electron chi connectivity index (χ0n) is 14.6. The Labute approximate surface area is 152 Å². The molecule has 26 heavy (non-hydrogen) atoms. The Morgan fingerprint density at radius 2 is 1.81 bits per heavy atom. The first-order chi connectivity index (χ1) is 12.7. The molecule has 2 aromatic carbocycles. The normalized spacial score (nSPS) is 11.9. The quantitative estimate of drug-likeness (QED) is 0.641. The third kappa shape index (κ3) is 4.39. The van der Waals surface area contributed by atoms with Gasteiger partial charge in [0.25, 0.3) is 0 Å². The Morgan fingerprint density at radius 1 is 1.08 bits per heavy atom. The average molecular weight is 352 g/mol. The van der Waals surface area contributed by atoms with Crippen LogP contribution in [0.1, 0.15) is 27.8 Å². The van der Waals surface area contributed by atoms with Gasteiger partial charge < -0.3 is 19.6 Å². The number of aliphatic hydroxyl groups is 1. The molecule has 134 valence electrons. The lowest BCUT2D eigenvalue weighted by molar-refractivity contribution is -0.679. The maximum Gasteiger partial charge on any atom is 0.337 e. The highest BCUT2D eigenvalue weighted by molar-refractivity contribution is 5.89. The summed E-state index contributed by atoms with van der Waals surface area (Å²) in [5.74, 6) is 1.22. The van der Waals surface area contributed by atoms with E-state index in [4.69, 9.17) is 9.15 Å². The molecule has 0 fully saturated rings. The molecule has 1 atom stereocenters. The molecule has 0 spiro atoms. The van der Waals surface area contributed by atoms with Crippen LogP contribution >= 0.6 is 0 Å². The molecule has 3 N–H and O–H groups in total. The first-order valence-electron chi connectivity index (χ1n) is 8.49. The lowest BCUT2D eigenvalue weighted by Gasteiger charge is -2.08. The third-order valence-corrected chi connectivity index (χ3v) is 4.17. The van der Waals surface area contributed by atoms with E-state index in [9.17, 15) is 9.90 Å². The number of carbonyl (C=O) groups is 1. The monoisotopic (exact) mass is 352 g/mol. The van der Waals surface area contributed by atoms with Crippen molar-refractivity contribution < 1.29 is 24.4 Å². The van der Waals surface area contributed by atoms with Crippen LogP contribution in [0.15, 0.2) is 71.1 Å². The van der Waals surface area contributed by atoms with Crippen molar-refractivity contribution in [1.82, 2.24) is 0 Å². The highest BCUT2D eigenvalue weighted by Gasteiger charge is 2.11. The van der Waals surface area contributed by atoms with E-state index in [0.717, 1.165) is 22.6 Å². The fourth-order valence-corrected chi connectivity index (χ4v) is 2.73. The standard InChI is InChI=1S/C21H21NO4/c1-25-21(24)17-9-7-16(8-10-17)20-12-11-18(26-20)13-22-14-19(23)15-5-3-2-4-6-15/h2-12,19,22-23H,13-14H2,1H3/p+1/t19-/m1/s1. The van der Waals surface area contributed by atoms with Gasteiger partial charge in [0.1, 0.15) is 25.0 Å². The number of furan rings is 1. The molecule has 1 aromatic heterocycles. The Balaban J connectivity index is 1.55. The van der Waals surface area contributed by atoms with Crippen LogP contribution in [0.2, 0.25) is 0 Å².